The number of halogens is 1. The topological polar surface area (TPSA) is 77.5 Å². The van der Waals surface area contributed by atoms with Gasteiger partial charge in [0.05, 0.1) is 38.7 Å². The summed E-state index contributed by atoms with van der Waals surface area (Å²) in [4.78, 5) is 30.0. The van der Waals surface area contributed by atoms with Crippen LogP contribution in [0.25, 0.3) is 5.57 Å². The molecule has 9 heteroatoms. The van der Waals surface area contributed by atoms with Crippen molar-refractivity contribution >= 4 is 23.1 Å². The molecule has 3 rings (SSSR count). The van der Waals surface area contributed by atoms with Crippen LogP contribution in [0.1, 0.15) is 5.56 Å². The Morgan fingerprint density at radius 2 is 1.42 bits per heavy atom. The smallest absolute Gasteiger partial charge is 0.282 e. The van der Waals surface area contributed by atoms with Crippen LogP contribution in [0.4, 0.5) is 10.1 Å². The molecule has 2 aromatic carbocycles. The van der Waals surface area contributed by atoms with E-state index in [-0.39, 0.29) is 17.0 Å². The Balaban J connectivity index is 2.17. The molecule has 0 saturated heterocycles. The number of amides is 2. The van der Waals surface area contributed by atoms with Crippen LogP contribution in [-0.4, -0.2) is 71.5 Å². The van der Waals surface area contributed by atoms with Gasteiger partial charge in [-0.2, -0.15) is 0 Å². The largest absolute Gasteiger partial charge is 0.493 e. The molecule has 0 saturated carbocycles. The van der Waals surface area contributed by atoms with Crippen molar-refractivity contribution in [1.29, 1.82) is 0 Å². The molecule has 33 heavy (non-hydrogen) atoms. The number of rotatable bonds is 11. The van der Waals surface area contributed by atoms with E-state index in [9.17, 15) is 14.0 Å². The summed E-state index contributed by atoms with van der Waals surface area (Å²) in [6, 6.07) is 10.2. The van der Waals surface area contributed by atoms with Crippen molar-refractivity contribution in [3.05, 3.63) is 59.5 Å². The van der Waals surface area contributed by atoms with Gasteiger partial charge in [-0.1, -0.05) is 6.07 Å². The first-order valence-electron chi connectivity index (χ1n) is 10.3. The predicted octanol–water partition coefficient (Wildman–Crippen LogP) is 2.72. The maximum absolute atomic E-state index is 13.6. The van der Waals surface area contributed by atoms with Gasteiger partial charge < -0.3 is 23.8 Å². The molecule has 0 spiro atoms. The summed E-state index contributed by atoms with van der Waals surface area (Å²) < 4.78 is 34.6. The molecule has 0 bridgehead atoms. The zero-order valence-electron chi connectivity index (χ0n) is 19.1. The fraction of sp³-hybridized carbons (Fsp3) is 0.333. The number of carbonyl (C=O) groups is 2. The minimum absolute atomic E-state index is 0.206. The molecule has 1 heterocycles. The normalized spacial score (nSPS) is 13.7. The van der Waals surface area contributed by atoms with E-state index in [1.54, 1.807) is 37.3 Å². The van der Waals surface area contributed by atoms with E-state index in [1.165, 1.54) is 38.5 Å². The fourth-order valence-corrected chi connectivity index (χ4v) is 3.63. The quantitative estimate of drug-likeness (QED) is 0.479. The molecule has 0 radical (unpaired) electrons. The van der Waals surface area contributed by atoms with E-state index in [0.29, 0.717) is 43.4 Å². The maximum Gasteiger partial charge on any atom is 0.282 e. The zero-order valence-corrected chi connectivity index (χ0v) is 19.1. The van der Waals surface area contributed by atoms with E-state index in [0.717, 1.165) is 4.90 Å². The average Bonchev–Trinajstić information content (AvgIpc) is 3.09. The number of ether oxygens (including phenoxy) is 4. The van der Waals surface area contributed by atoms with Crippen molar-refractivity contribution in [2.75, 3.05) is 59.6 Å². The Hall–Kier alpha value is -3.43. The lowest BCUT2D eigenvalue weighted by molar-refractivity contribution is -0.120. The number of benzene rings is 2. The molecule has 1 aliphatic heterocycles. The summed E-state index contributed by atoms with van der Waals surface area (Å²) in [5.41, 5.74) is 1.19. The number of hydrogen-bond donors (Lipinski definition) is 0. The second-order valence-electron chi connectivity index (χ2n) is 7.19. The highest BCUT2D eigenvalue weighted by molar-refractivity contribution is 6.45. The monoisotopic (exact) mass is 458 g/mol. The van der Waals surface area contributed by atoms with Gasteiger partial charge in [0.25, 0.3) is 11.8 Å². The molecule has 176 valence electrons. The van der Waals surface area contributed by atoms with Crippen LogP contribution in [-0.2, 0) is 19.1 Å². The third-order valence-corrected chi connectivity index (χ3v) is 5.26. The van der Waals surface area contributed by atoms with Crippen molar-refractivity contribution in [3.8, 4) is 11.5 Å². The minimum Gasteiger partial charge on any atom is -0.493 e. The van der Waals surface area contributed by atoms with Gasteiger partial charge in [0, 0.05) is 27.3 Å². The Morgan fingerprint density at radius 3 is 1.97 bits per heavy atom. The molecule has 0 unspecified atom stereocenters. The average molecular weight is 458 g/mol. The van der Waals surface area contributed by atoms with Crippen LogP contribution in [0, 0.1) is 5.82 Å². The Kier molecular flexibility index (Phi) is 8.02. The predicted molar refractivity (Wildman–Crippen MR) is 121 cm³/mol. The molecule has 0 aromatic heterocycles. The van der Waals surface area contributed by atoms with Gasteiger partial charge in [-0.3, -0.25) is 9.59 Å². The van der Waals surface area contributed by atoms with Gasteiger partial charge >= 0.3 is 0 Å². The standard InChI is InChI=1S/C24H27FN2O6/c1-30-13-11-26(12-14-31-2)22-21(16-5-10-19(32-3)20(15-16)33-4)23(28)27(24(22)29)18-8-6-17(25)7-9-18/h5-10,15H,11-14H2,1-4H3. The van der Waals surface area contributed by atoms with E-state index in [1.807, 2.05) is 0 Å². The number of imide groups is 1. The van der Waals surface area contributed by atoms with Crippen molar-refractivity contribution in [1.82, 2.24) is 4.90 Å². The van der Waals surface area contributed by atoms with Gasteiger partial charge in [0.1, 0.15) is 11.5 Å². The molecule has 0 atom stereocenters. The van der Waals surface area contributed by atoms with Crippen molar-refractivity contribution in [2.45, 2.75) is 0 Å². The second-order valence-corrected chi connectivity index (χ2v) is 7.19. The Bertz CT molecular complexity index is 1030. The molecule has 2 aromatic rings. The van der Waals surface area contributed by atoms with Crippen molar-refractivity contribution < 1.29 is 32.9 Å². The first kappa shape index (κ1) is 24.2. The number of carbonyl (C=O) groups excluding carboxylic acids is 2. The molecule has 1 aliphatic rings. The lowest BCUT2D eigenvalue weighted by atomic mass is 10.0. The summed E-state index contributed by atoms with van der Waals surface area (Å²) in [6.45, 7) is 1.40. The highest BCUT2D eigenvalue weighted by atomic mass is 19.1. The summed E-state index contributed by atoms with van der Waals surface area (Å²) in [7, 11) is 6.13. The van der Waals surface area contributed by atoms with Gasteiger partial charge in [-0.25, -0.2) is 9.29 Å². The SMILES string of the molecule is COCCN(CCOC)C1=C(c2ccc(OC)c(OC)c2)C(=O)N(c2ccc(F)cc2)C1=O. The van der Waals surface area contributed by atoms with E-state index in [2.05, 4.69) is 0 Å². The van der Waals surface area contributed by atoms with Crippen LogP contribution < -0.4 is 14.4 Å². The first-order valence-corrected chi connectivity index (χ1v) is 10.3. The first-order chi connectivity index (χ1) is 16.0. The van der Waals surface area contributed by atoms with E-state index in [4.69, 9.17) is 18.9 Å². The molecule has 8 nitrogen and oxygen atoms in total. The van der Waals surface area contributed by atoms with Crippen molar-refractivity contribution in [3.63, 3.8) is 0 Å². The number of hydrogen-bond acceptors (Lipinski definition) is 7. The van der Waals surface area contributed by atoms with E-state index < -0.39 is 17.6 Å². The van der Waals surface area contributed by atoms with Gasteiger partial charge in [-0.05, 0) is 42.0 Å². The minimum atomic E-state index is -0.520. The molecule has 0 aliphatic carbocycles. The summed E-state index contributed by atoms with van der Waals surface area (Å²) >= 11 is 0. The van der Waals surface area contributed by atoms with Crippen LogP contribution >= 0.6 is 0 Å². The van der Waals surface area contributed by atoms with Crippen molar-refractivity contribution in [2.24, 2.45) is 0 Å². The number of methoxy groups -OCH3 is 4. The summed E-state index contributed by atoms with van der Waals surface area (Å²) in [5.74, 6) is -0.584. The summed E-state index contributed by atoms with van der Waals surface area (Å²) in [6.07, 6.45) is 0. The van der Waals surface area contributed by atoms with Crippen LogP contribution in [0.2, 0.25) is 0 Å². The lowest BCUT2D eigenvalue weighted by Crippen LogP contribution is -2.37. The van der Waals surface area contributed by atoms with Crippen LogP contribution in [0.5, 0.6) is 11.5 Å². The molecule has 2 amide bonds. The maximum atomic E-state index is 13.6. The summed E-state index contributed by atoms with van der Waals surface area (Å²) in [5, 5.41) is 0. The van der Waals surface area contributed by atoms with Crippen LogP contribution in [0.15, 0.2) is 48.2 Å². The lowest BCUT2D eigenvalue weighted by Gasteiger charge is -2.25. The Labute approximate surface area is 192 Å². The van der Waals surface area contributed by atoms with Gasteiger partial charge in [0.15, 0.2) is 11.5 Å². The molecule has 0 N–H and O–H groups in total. The second kappa shape index (κ2) is 10.9. The molecular formula is C24H27FN2O6. The number of nitrogens with zero attached hydrogens (tertiary/aromatic N) is 2. The zero-order chi connectivity index (χ0) is 24.0. The third-order valence-electron chi connectivity index (χ3n) is 5.26. The Morgan fingerprint density at radius 1 is 0.818 bits per heavy atom. The van der Waals surface area contributed by atoms with E-state index >= 15 is 0 Å². The van der Waals surface area contributed by atoms with Gasteiger partial charge in [-0.15, -0.1) is 0 Å². The third kappa shape index (κ3) is 4.99. The van der Waals surface area contributed by atoms with Gasteiger partial charge in [0.2, 0.25) is 0 Å². The van der Waals surface area contributed by atoms with Crippen LogP contribution in [0.3, 0.4) is 0 Å². The number of anilines is 1. The molecular weight excluding hydrogens is 431 g/mol. The highest BCUT2D eigenvalue weighted by Gasteiger charge is 2.42. The highest BCUT2D eigenvalue weighted by Crippen LogP contribution is 2.38. The fourth-order valence-electron chi connectivity index (χ4n) is 3.63. The molecule has 0 fully saturated rings.